The highest BCUT2D eigenvalue weighted by atomic mass is 32.2. The molecule has 23 rings (SSSR count). The highest BCUT2D eigenvalue weighted by Crippen LogP contribution is 2.55. The van der Waals surface area contributed by atoms with Crippen LogP contribution in [-0.4, -0.2) is 13.4 Å². The number of anilines is 15. The molecular weight excluding hydrogens is 1400 g/mol. The summed E-state index contributed by atoms with van der Waals surface area (Å²) in [7, 11) is 0. The fraction of sp³-hybridized carbons (Fsp3) is 0. The van der Waals surface area contributed by atoms with Gasteiger partial charge in [-0.1, -0.05) is 321 Å². The summed E-state index contributed by atoms with van der Waals surface area (Å²) in [5.74, 6) is 0. The third kappa shape index (κ3) is 10.3. The first-order valence-corrected chi connectivity index (χ1v) is 40.2. The van der Waals surface area contributed by atoms with E-state index in [1.807, 2.05) is 11.8 Å². The third-order valence-electron chi connectivity index (χ3n) is 23.9. The molecule has 0 N–H and O–H groups in total. The lowest BCUT2D eigenvalue weighted by molar-refractivity contribution is 1.22. The molecule has 0 saturated carbocycles. The minimum absolute atomic E-state index is 0.173. The summed E-state index contributed by atoms with van der Waals surface area (Å²) in [6.07, 6.45) is 0. The average molecular weight is 1470 g/mol. The van der Waals surface area contributed by atoms with Gasteiger partial charge in [-0.3, -0.25) is 0 Å². The van der Waals surface area contributed by atoms with Gasteiger partial charge < -0.3 is 24.5 Å². The van der Waals surface area contributed by atoms with Crippen molar-refractivity contribution in [1.82, 2.24) is 0 Å². The molecule has 0 unspecified atom stereocenters. The van der Waals surface area contributed by atoms with Gasteiger partial charge in [0.1, 0.15) is 0 Å². The zero-order valence-electron chi connectivity index (χ0n) is 62.1. The average Bonchev–Trinajstić information content (AvgIpc) is 0.683. The summed E-state index contributed by atoms with van der Waals surface area (Å²) in [6, 6.07) is 156. The van der Waals surface area contributed by atoms with Gasteiger partial charge in [-0.15, -0.1) is 0 Å². The molecule has 530 valence electrons. The molecule has 0 spiro atoms. The van der Waals surface area contributed by atoms with Crippen molar-refractivity contribution >= 4 is 186 Å². The number of benzene rings is 19. The Bertz CT molecular complexity index is 6850. The van der Waals surface area contributed by atoms with Crippen LogP contribution in [0.1, 0.15) is 0 Å². The third-order valence-corrected chi connectivity index (χ3v) is 25.1. The Morgan fingerprint density at radius 1 is 0.202 bits per heavy atom. The van der Waals surface area contributed by atoms with E-state index >= 15 is 0 Å². The molecule has 0 aromatic heterocycles. The van der Waals surface area contributed by atoms with Gasteiger partial charge in [0.2, 0.25) is 6.71 Å². The van der Waals surface area contributed by atoms with Crippen molar-refractivity contribution in [1.29, 1.82) is 0 Å². The van der Waals surface area contributed by atoms with Gasteiger partial charge in [-0.05, 0) is 208 Å². The van der Waals surface area contributed by atoms with Crippen LogP contribution in [0.5, 0.6) is 0 Å². The van der Waals surface area contributed by atoms with E-state index in [2.05, 4.69) is 443 Å². The molecule has 0 amide bonds. The Kier molecular flexibility index (Phi) is 15.4. The molecule has 114 heavy (non-hydrogen) atoms. The maximum Gasteiger partial charge on any atom is 0.252 e. The first-order valence-electron chi connectivity index (χ1n) is 39.4. The zero-order chi connectivity index (χ0) is 74.9. The van der Waals surface area contributed by atoms with Crippen molar-refractivity contribution < 1.29 is 0 Å². The van der Waals surface area contributed by atoms with E-state index in [1.54, 1.807) is 0 Å². The highest BCUT2D eigenvalue weighted by molar-refractivity contribution is 8.00. The van der Waals surface area contributed by atoms with E-state index in [0.29, 0.717) is 0 Å². The standard InChI is InChI=1S/C106H69B2N5S/c1-8-34-70(35-9-1)101-81-48-22-24-50-83(81)103(84-51-25-23-49-82(84)101)72-60-62-78(63-61-72)112-94-59-33-31-57-90(94)108-92-68-91-95(69-99(92)114-100-67-80(66-98(112)105(100)108)110(75-42-16-5-17-43-75)76-44-18-6-19-45-76)113(106-87-54-28-26-52-85(87)102(71-36-10-2-11-37-71)86-53-27-29-55-88(86)106)97-65-79(109(73-38-12-3-13-39-73)74-40-14-4-15-41-74)64-96-104(97)107(91)89-56-30-32-58-93(89)111(96)77-46-20-7-21-47-77/h1-69H. The minimum atomic E-state index is -0.212. The highest BCUT2D eigenvalue weighted by Gasteiger charge is 2.48. The van der Waals surface area contributed by atoms with Gasteiger partial charge in [0.25, 0.3) is 6.71 Å². The summed E-state index contributed by atoms with van der Waals surface area (Å²) in [5, 5.41) is 9.66. The second kappa shape index (κ2) is 26.7. The van der Waals surface area contributed by atoms with E-state index in [1.165, 1.54) is 119 Å². The number of fused-ring (bicyclic) bond motifs is 12. The summed E-state index contributed by atoms with van der Waals surface area (Å²) in [4.78, 5) is 15.2. The van der Waals surface area contributed by atoms with Crippen molar-refractivity contribution in [3.63, 3.8) is 0 Å². The van der Waals surface area contributed by atoms with Crippen molar-refractivity contribution in [2.24, 2.45) is 0 Å². The summed E-state index contributed by atoms with van der Waals surface area (Å²) < 4.78 is 0. The first-order chi connectivity index (χ1) is 56.6. The molecule has 19 aromatic carbocycles. The second-order valence-electron chi connectivity index (χ2n) is 30.1. The largest absolute Gasteiger partial charge is 0.311 e. The van der Waals surface area contributed by atoms with Crippen molar-refractivity contribution in [3.8, 4) is 33.4 Å². The molecule has 8 heteroatoms. The van der Waals surface area contributed by atoms with Crippen LogP contribution in [0, 0.1) is 0 Å². The number of nitrogens with zero attached hydrogens (tertiary/aromatic N) is 5. The number of rotatable bonds is 12. The Morgan fingerprint density at radius 2 is 0.526 bits per heavy atom. The van der Waals surface area contributed by atoms with Crippen LogP contribution < -0.4 is 57.3 Å². The van der Waals surface area contributed by atoms with Crippen LogP contribution >= 0.6 is 11.8 Å². The maximum atomic E-state index is 2.72. The molecule has 0 saturated heterocycles. The summed E-state index contributed by atoms with van der Waals surface area (Å²) >= 11 is 1.92. The fourth-order valence-electron chi connectivity index (χ4n) is 19.3. The van der Waals surface area contributed by atoms with E-state index in [-0.39, 0.29) is 13.4 Å². The molecule has 19 aromatic rings. The molecule has 0 radical (unpaired) electrons. The van der Waals surface area contributed by atoms with Crippen molar-refractivity contribution in [2.75, 3.05) is 24.5 Å². The molecule has 0 bridgehead atoms. The number of para-hydroxylation sites is 7. The molecule has 0 fully saturated rings. The van der Waals surface area contributed by atoms with Gasteiger partial charge in [0, 0.05) is 94.5 Å². The number of hydrogen-bond acceptors (Lipinski definition) is 6. The topological polar surface area (TPSA) is 16.2 Å². The van der Waals surface area contributed by atoms with Crippen LogP contribution in [0.15, 0.2) is 428 Å². The zero-order valence-corrected chi connectivity index (χ0v) is 63.0. The van der Waals surface area contributed by atoms with Gasteiger partial charge in [0.05, 0.1) is 11.4 Å². The molecule has 5 nitrogen and oxygen atoms in total. The minimum Gasteiger partial charge on any atom is -0.311 e. The van der Waals surface area contributed by atoms with E-state index < -0.39 is 0 Å². The molecular formula is C106H69B2N5S. The van der Waals surface area contributed by atoms with E-state index in [0.717, 1.165) is 85.3 Å². The Labute approximate surface area is 668 Å². The molecule has 0 aliphatic carbocycles. The van der Waals surface area contributed by atoms with Gasteiger partial charge in [0.15, 0.2) is 0 Å². The Morgan fingerprint density at radius 3 is 0.965 bits per heavy atom. The summed E-state index contributed by atoms with van der Waals surface area (Å²) in [5.41, 5.74) is 31.5. The fourth-order valence-corrected chi connectivity index (χ4v) is 20.6. The molecule has 4 aliphatic heterocycles. The normalized spacial score (nSPS) is 12.8. The van der Waals surface area contributed by atoms with Gasteiger partial charge in [-0.25, -0.2) is 0 Å². The van der Waals surface area contributed by atoms with Crippen LogP contribution in [0.25, 0.3) is 76.5 Å². The van der Waals surface area contributed by atoms with Crippen molar-refractivity contribution in [3.05, 3.63) is 419 Å². The maximum absolute atomic E-state index is 2.72. The first kappa shape index (κ1) is 65.6. The SMILES string of the molecule is c1ccc(-c2c3ccccc3c(-c3ccc(N4c5ccccc5B5c6cc7c(cc6Sc6cc(N(c8ccccc8)c8ccccc8)cc4c65)N(c4c5ccccc5c(-c5ccccc5)c5ccccc45)c4cc(N(c5ccccc5)c5ccccc5)cc5c4B7c4ccccc4N5c4ccccc4)cc3)c3ccccc23)cc1. The predicted octanol–water partition coefficient (Wildman–Crippen LogP) is 25.1. The summed E-state index contributed by atoms with van der Waals surface area (Å²) in [6.45, 7) is -0.385. The van der Waals surface area contributed by atoms with Crippen LogP contribution in [0.3, 0.4) is 0 Å². The lowest BCUT2D eigenvalue weighted by Crippen LogP contribution is -2.64. The lowest BCUT2D eigenvalue weighted by Gasteiger charge is -2.46. The monoisotopic (exact) mass is 1470 g/mol. The smallest absolute Gasteiger partial charge is 0.252 e. The van der Waals surface area contributed by atoms with Crippen molar-refractivity contribution in [2.45, 2.75) is 9.79 Å². The van der Waals surface area contributed by atoms with E-state index in [4.69, 9.17) is 0 Å². The quantitative estimate of drug-likeness (QED) is 0.0889. The second-order valence-corrected chi connectivity index (χ2v) is 31.2. The van der Waals surface area contributed by atoms with Gasteiger partial charge in [-0.2, -0.15) is 0 Å². The van der Waals surface area contributed by atoms with Gasteiger partial charge >= 0.3 is 0 Å². The van der Waals surface area contributed by atoms with Crippen LogP contribution in [-0.2, 0) is 0 Å². The van der Waals surface area contributed by atoms with Crippen LogP contribution in [0.2, 0.25) is 0 Å². The number of hydrogen-bond donors (Lipinski definition) is 0. The Balaban J connectivity index is 0.798. The lowest BCUT2D eigenvalue weighted by atomic mass is 9.31. The predicted molar refractivity (Wildman–Crippen MR) is 486 cm³/mol. The molecule has 0 atom stereocenters. The van der Waals surface area contributed by atoms with E-state index in [9.17, 15) is 0 Å². The molecule has 4 heterocycles. The molecule has 4 aliphatic rings. The van der Waals surface area contributed by atoms with Crippen LogP contribution in [0.4, 0.5) is 85.3 Å². The Hall–Kier alpha value is -14.3.